The van der Waals surface area contributed by atoms with Gasteiger partial charge >= 0.3 is 6.03 Å². The summed E-state index contributed by atoms with van der Waals surface area (Å²) in [7, 11) is 0. The number of carbonyl (C=O) groups excluding carboxylic acids is 1. The normalized spacial score (nSPS) is 19.7. The number of hydrogen-bond acceptors (Lipinski definition) is 3. The number of piperidine rings is 1. The first kappa shape index (κ1) is 13.1. The van der Waals surface area contributed by atoms with Gasteiger partial charge in [-0.3, -0.25) is 0 Å². The van der Waals surface area contributed by atoms with E-state index in [0.717, 1.165) is 19.4 Å². The number of nitrogens with zero attached hydrogens (tertiary/aromatic N) is 2. The summed E-state index contributed by atoms with van der Waals surface area (Å²) in [6.45, 7) is 1.45. The van der Waals surface area contributed by atoms with Gasteiger partial charge in [0.1, 0.15) is 5.15 Å². The number of carbonyl (C=O) groups is 1. The molecule has 2 rings (SSSR count). The highest BCUT2D eigenvalue weighted by Crippen LogP contribution is 2.18. The van der Waals surface area contributed by atoms with E-state index in [1.54, 1.807) is 23.2 Å². The Kier molecular flexibility index (Phi) is 4.38. The van der Waals surface area contributed by atoms with Gasteiger partial charge in [0.05, 0.1) is 0 Å². The van der Waals surface area contributed by atoms with Gasteiger partial charge in [-0.15, -0.1) is 0 Å². The molecule has 2 amide bonds. The van der Waals surface area contributed by atoms with Crippen molar-refractivity contribution in [1.82, 2.24) is 9.88 Å². The summed E-state index contributed by atoms with van der Waals surface area (Å²) in [4.78, 5) is 17.6. The molecule has 2 N–H and O–H groups in total. The zero-order chi connectivity index (χ0) is 13.0. The van der Waals surface area contributed by atoms with Gasteiger partial charge in [-0.1, -0.05) is 11.6 Å². The molecular formula is C12H16ClN3O2. The second-order valence-electron chi connectivity index (χ2n) is 4.43. The molecule has 0 saturated carbocycles. The van der Waals surface area contributed by atoms with Crippen molar-refractivity contribution in [1.29, 1.82) is 0 Å². The first-order chi connectivity index (χ1) is 8.69. The Bertz CT molecular complexity index is 428. The van der Waals surface area contributed by atoms with Crippen molar-refractivity contribution < 1.29 is 9.90 Å². The van der Waals surface area contributed by atoms with E-state index in [2.05, 4.69) is 10.3 Å². The molecule has 2 heterocycles. The number of amides is 2. The molecule has 1 unspecified atom stereocenters. The molecule has 1 aromatic heterocycles. The number of halogens is 1. The molecule has 98 valence electrons. The molecule has 1 atom stereocenters. The third kappa shape index (κ3) is 3.34. The quantitative estimate of drug-likeness (QED) is 0.807. The van der Waals surface area contributed by atoms with Crippen LogP contribution in [0.1, 0.15) is 12.8 Å². The van der Waals surface area contributed by atoms with Crippen molar-refractivity contribution in [2.75, 3.05) is 25.0 Å². The molecule has 0 radical (unpaired) electrons. The van der Waals surface area contributed by atoms with E-state index >= 15 is 0 Å². The number of aliphatic hydroxyl groups is 1. The predicted octanol–water partition coefficient (Wildman–Crippen LogP) is 1.97. The second kappa shape index (κ2) is 6.02. The first-order valence-corrected chi connectivity index (χ1v) is 6.35. The van der Waals surface area contributed by atoms with Crippen molar-refractivity contribution in [3.63, 3.8) is 0 Å². The predicted molar refractivity (Wildman–Crippen MR) is 69.6 cm³/mol. The van der Waals surface area contributed by atoms with Crippen molar-refractivity contribution in [3.05, 3.63) is 23.5 Å². The third-order valence-electron chi connectivity index (χ3n) is 3.04. The van der Waals surface area contributed by atoms with E-state index in [1.807, 2.05) is 0 Å². The highest BCUT2D eigenvalue weighted by atomic mass is 35.5. The number of likely N-dealkylation sites (tertiary alicyclic amines) is 1. The highest BCUT2D eigenvalue weighted by Gasteiger charge is 2.23. The number of aromatic nitrogens is 1. The number of urea groups is 1. The Morgan fingerprint density at radius 1 is 1.67 bits per heavy atom. The van der Waals surface area contributed by atoms with E-state index in [-0.39, 0.29) is 18.6 Å². The van der Waals surface area contributed by atoms with Crippen LogP contribution in [0, 0.1) is 5.92 Å². The van der Waals surface area contributed by atoms with Gasteiger partial charge in [-0.05, 0) is 30.9 Å². The minimum absolute atomic E-state index is 0.130. The molecule has 1 fully saturated rings. The van der Waals surface area contributed by atoms with Crippen LogP contribution in [0.3, 0.4) is 0 Å². The molecule has 0 aromatic carbocycles. The summed E-state index contributed by atoms with van der Waals surface area (Å²) in [6, 6.07) is 3.14. The number of anilines is 1. The van der Waals surface area contributed by atoms with Gasteiger partial charge in [-0.2, -0.15) is 0 Å². The average Bonchev–Trinajstić information content (AvgIpc) is 2.39. The SMILES string of the molecule is O=C(Nc1ccnc(Cl)c1)N1CCCC(CO)C1. The smallest absolute Gasteiger partial charge is 0.321 e. The van der Waals surface area contributed by atoms with Crippen LogP contribution in [-0.2, 0) is 0 Å². The summed E-state index contributed by atoms with van der Waals surface area (Å²) in [5, 5.41) is 12.3. The Morgan fingerprint density at radius 2 is 2.50 bits per heavy atom. The highest BCUT2D eigenvalue weighted by molar-refractivity contribution is 6.29. The van der Waals surface area contributed by atoms with Crippen molar-refractivity contribution in [3.8, 4) is 0 Å². The molecule has 1 aliphatic heterocycles. The summed E-state index contributed by atoms with van der Waals surface area (Å²) in [5.41, 5.74) is 0.631. The van der Waals surface area contributed by atoms with Crippen molar-refractivity contribution >= 4 is 23.3 Å². The molecule has 0 spiro atoms. The van der Waals surface area contributed by atoms with Crippen LogP contribution in [0.5, 0.6) is 0 Å². The number of pyridine rings is 1. The summed E-state index contributed by atoms with van der Waals surface area (Å²) >= 11 is 5.75. The number of rotatable bonds is 2. The number of aliphatic hydroxyl groups excluding tert-OH is 1. The fraction of sp³-hybridized carbons (Fsp3) is 0.500. The lowest BCUT2D eigenvalue weighted by atomic mass is 9.99. The molecule has 1 saturated heterocycles. The van der Waals surface area contributed by atoms with E-state index < -0.39 is 0 Å². The molecule has 0 aliphatic carbocycles. The molecule has 0 bridgehead atoms. The third-order valence-corrected chi connectivity index (χ3v) is 3.25. The molecule has 6 heteroatoms. The average molecular weight is 270 g/mol. The van der Waals surface area contributed by atoms with Gasteiger partial charge in [0.25, 0.3) is 0 Å². The zero-order valence-electron chi connectivity index (χ0n) is 9.97. The standard InChI is InChI=1S/C12H16ClN3O2/c13-11-6-10(3-4-14-11)15-12(18)16-5-1-2-9(7-16)8-17/h3-4,6,9,17H,1-2,5,7-8H2,(H,14,15,18). The lowest BCUT2D eigenvalue weighted by Gasteiger charge is -2.31. The van der Waals surface area contributed by atoms with E-state index in [9.17, 15) is 4.79 Å². The van der Waals surface area contributed by atoms with Crippen LogP contribution in [0.15, 0.2) is 18.3 Å². The Balaban J connectivity index is 1.95. The second-order valence-corrected chi connectivity index (χ2v) is 4.82. The molecule has 5 nitrogen and oxygen atoms in total. The molecule has 1 aliphatic rings. The number of hydrogen-bond donors (Lipinski definition) is 2. The maximum absolute atomic E-state index is 12.0. The minimum atomic E-state index is -0.157. The van der Waals surface area contributed by atoms with Gasteiger partial charge in [0.15, 0.2) is 0 Å². The zero-order valence-corrected chi connectivity index (χ0v) is 10.7. The number of nitrogens with one attached hydrogen (secondary N) is 1. The lowest BCUT2D eigenvalue weighted by molar-refractivity contribution is 0.136. The summed E-state index contributed by atoms with van der Waals surface area (Å²) < 4.78 is 0. The lowest BCUT2D eigenvalue weighted by Crippen LogP contribution is -2.43. The van der Waals surface area contributed by atoms with Gasteiger partial charge in [-0.25, -0.2) is 9.78 Å². The van der Waals surface area contributed by atoms with E-state index in [1.165, 1.54) is 0 Å². The first-order valence-electron chi connectivity index (χ1n) is 5.97. The van der Waals surface area contributed by atoms with Crippen LogP contribution in [-0.4, -0.2) is 40.7 Å². The monoisotopic (exact) mass is 269 g/mol. The maximum Gasteiger partial charge on any atom is 0.321 e. The van der Waals surface area contributed by atoms with Crippen LogP contribution < -0.4 is 5.32 Å². The Morgan fingerprint density at radius 3 is 3.22 bits per heavy atom. The summed E-state index contributed by atoms with van der Waals surface area (Å²) in [5.74, 6) is 0.186. The minimum Gasteiger partial charge on any atom is -0.396 e. The van der Waals surface area contributed by atoms with E-state index in [0.29, 0.717) is 17.4 Å². The fourth-order valence-electron chi connectivity index (χ4n) is 2.08. The van der Waals surface area contributed by atoms with Crippen LogP contribution >= 0.6 is 11.6 Å². The largest absolute Gasteiger partial charge is 0.396 e. The van der Waals surface area contributed by atoms with Crippen LogP contribution in [0.2, 0.25) is 5.15 Å². The van der Waals surface area contributed by atoms with Gasteiger partial charge < -0.3 is 15.3 Å². The van der Waals surface area contributed by atoms with Crippen molar-refractivity contribution in [2.24, 2.45) is 5.92 Å². The van der Waals surface area contributed by atoms with Crippen LogP contribution in [0.4, 0.5) is 10.5 Å². The maximum atomic E-state index is 12.0. The molecular weight excluding hydrogens is 254 g/mol. The van der Waals surface area contributed by atoms with Gasteiger partial charge in [0.2, 0.25) is 0 Å². The topological polar surface area (TPSA) is 65.5 Å². The van der Waals surface area contributed by atoms with Gasteiger partial charge in [0, 0.05) is 31.6 Å². The van der Waals surface area contributed by atoms with E-state index in [4.69, 9.17) is 16.7 Å². The molecule has 1 aromatic rings. The molecule has 18 heavy (non-hydrogen) atoms. The van der Waals surface area contributed by atoms with Crippen LogP contribution in [0.25, 0.3) is 0 Å². The van der Waals surface area contributed by atoms with Crippen molar-refractivity contribution in [2.45, 2.75) is 12.8 Å². The Hall–Kier alpha value is -1.33. The summed E-state index contributed by atoms with van der Waals surface area (Å²) in [6.07, 6.45) is 3.45. The fourth-order valence-corrected chi connectivity index (χ4v) is 2.26. The Labute approximate surface area is 111 Å².